The molecule has 4 nitrogen and oxygen atoms in total. The highest BCUT2D eigenvalue weighted by Gasteiger charge is 2.34. The monoisotopic (exact) mass is 248 g/mol. The van der Waals surface area contributed by atoms with Gasteiger partial charge in [-0.25, -0.2) is 0 Å². The summed E-state index contributed by atoms with van der Waals surface area (Å²) in [7, 11) is 0. The summed E-state index contributed by atoms with van der Waals surface area (Å²) >= 11 is 0. The van der Waals surface area contributed by atoms with Crippen molar-refractivity contribution in [2.45, 2.75) is 25.9 Å². The molecule has 1 aromatic carbocycles. The van der Waals surface area contributed by atoms with Crippen LogP contribution in [0.25, 0.3) is 0 Å². The summed E-state index contributed by atoms with van der Waals surface area (Å²) in [6.07, 6.45) is 0. The molecular weight excluding hydrogens is 228 g/mol. The quantitative estimate of drug-likeness (QED) is 0.859. The van der Waals surface area contributed by atoms with Gasteiger partial charge in [0.05, 0.1) is 19.3 Å². The van der Waals surface area contributed by atoms with Crippen molar-refractivity contribution < 1.29 is 9.53 Å². The van der Waals surface area contributed by atoms with Gasteiger partial charge in [0.1, 0.15) is 6.04 Å². The van der Waals surface area contributed by atoms with E-state index >= 15 is 0 Å². The third-order valence-electron chi connectivity index (χ3n) is 3.22. The van der Waals surface area contributed by atoms with Gasteiger partial charge in [0.25, 0.3) is 0 Å². The predicted molar refractivity (Wildman–Crippen MR) is 70.0 cm³/mol. The van der Waals surface area contributed by atoms with E-state index in [-0.39, 0.29) is 18.0 Å². The molecule has 2 unspecified atom stereocenters. The first kappa shape index (κ1) is 13.1. The molecule has 1 aliphatic rings. The molecule has 0 bridgehead atoms. The molecule has 1 amide bonds. The number of carbonyl (C=O) groups is 1. The van der Waals surface area contributed by atoms with Gasteiger partial charge in [-0.1, -0.05) is 30.3 Å². The molecule has 1 aliphatic heterocycles. The molecule has 1 saturated heterocycles. The fourth-order valence-electron chi connectivity index (χ4n) is 2.18. The molecule has 1 fully saturated rings. The third kappa shape index (κ3) is 2.71. The Morgan fingerprint density at radius 1 is 1.44 bits per heavy atom. The normalized spacial score (nSPS) is 21.3. The summed E-state index contributed by atoms with van der Waals surface area (Å²) in [5.41, 5.74) is 1.02. The lowest BCUT2D eigenvalue weighted by molar-refractivity contribution is -0.131. The lowest BCUT2D eigenvalue weighted by Crippen LogP contribution is -2.38. The van der Waals surface area contributed by atoms with E-state index in [1.807, 2.05) is 49.1 Å². The first-order valence-electron chi connectivity index (χ1n) is 6.40. The van der Waals surface area contributed by atoms with E-state index in [1.54, 1.807) is 0 Å². The molecule has 98 valence electrons. The summed E-state index contributed by atoms with van der Waals surface area (Å²) in [5, 5.41) is 3.25. The van der Waals surface area contributed by atoms with Crippen molar-refractivity contribution in [1.82, 2.24) is 10.2 Å². The van der Waals surface area contributed by atoms with Crippen molar-refractivity contribution in [3.8, 4) is 0 Å². The van der Waals surface area contributed by atoms with Crippen molar-refractivity contribution in [2.24, 2.45) is 0 Å². The van der Waals surface area contributed by atoms with Crippen LogP contribution in [0.1, 0.15) is 25.5 Å². The van der Waals surface area contributed by atoms with E-state index in [0.29, 0.717) is 19.9 Å². The molecule has 2 rings (SSSR count). The van der Waals surface area contributed by atoms with Crippen LogP contribution in [0.15, 0.2) is 30.3 Å². The minimum Gasteiger partial charge on any atom is -0.380 e. The molecule has 4 heteroatoms. The first-order chi connectivity index (χ1) is 8.74. The van der Waals surface area contributed by atoms with E-state index in [0.717, 1.165) is 5.56 Å². The molecule has 1 aromatic rings. The average molecular weight is 248 g/mol. The molecule has 0 spiro atoms. The Kier molecular flexibility index (Phi) is 4.33. The van der Waals surface area contributed by atoms with Gasteiger partial charge in [0.15, 0.2) is 0 Å². The van der Waals surface area contributed by atoms with E-state index in [2.05, 4.69) is 5.32 Å². The molecule has 0 aromatic heterocycles. The Bertz CT molecular complexity index is 394. The van der Waals surface area contributed by atoms with Crippen LogP contribution in [0.2, 0.25) is 0 Å². The number of carbonyl (C=O) groups excluding carboxylic acids is 1. The van der Waals surface area contributed by atoms with Gasteiger partial charge in [-0.05, 0) is 19.4 Å². The number of amides is 1. The van der Waals surface area contributed by atoms with Crippen molar-refractivity contribution in [2.75, 3.05) is 19.9 Å². The molecule has 2 atom stereocenters. The second-order valence-electron chi connectivity index (χ2n) is 4.52. The van der Waals surface area contributed by atoms with E-state index in [9.17, 15) is 4.79 Å². The molecule has 1 heterocycles. The van der Waals surface area contributed by atoms with Gasteiger partial charge in [-0.3, -0.25) is 10.1 Å². The second-order valence-corrected chi connectivity index (χ2v) is 4.52. The summed E-state index contributed by atoms with van der Waals surface area (Å²) < 4.78 is 5.38. The van der Waals surface area contributed by atoms with Gasteiger partial charge < -0.3 is 9.64 Å². The molecule has 0 aliphatic carbocycles. The lowest BCUT2D eigenvalue weighted by atomic mass is 10.1. The number of rotatable bonds is 5. The maximum absolute atomic E-state index is 12.3. The Balaban J connectivity index is 2.01. The maximum atomic E-state index is 12.3. The van der Waals surface area contributed by atoms with E-state index in [1.165, 1.54) is 0 Å². The number of benzene rings is 1. The average Bonchev–Trinajstić information content (AvgIpc) is 2.79. The van der Waals surface area contributed by atoms with Crippen molar-refractivity contribution in [3.05, 3.63) is 35.9 Å². The van der Waals surface area contributed by atoms with Gasteiger partial charge in [-0.15, -0.1) is 0 Å². The Hall–Kier alpha value is -1.39. The zero-order valence-corrected chi connectivity index (χ0v) is 10.9. The Labute approximate surface area is 108 Å². The van der Waals surface area contributed by atoms with E-state index in [4.69, 9.17) is 4.74 Å². The van der Waals surface area contributed by atoms with Crippen LogP contribution >= 0.6 is 0 Å². The highest BCUT2D eigenvalue weighted by molar-refractivity contribution is 5.85. The second kappa shape index (κ2) is 5.98. The first-order valence-corrected chi connectivity index (χ1v) is 6.40. The van der Waals surface area contributed by atoms with Gasteiger partial charge in [0.2, 0.25) is 5.91 Å². The van der Waals surface area contributed by atoms with Gasteiger partial charge in [0, 0.05) is 6.61 Å². The van der Waals surface area contributed by atoms with Crippen LogP contribution < -0.4 is 5.32 Å². The molecule has 18 heavy (non-hydrogen) atoms. The SMILES string of the molecule is CCOCC(C)N1CNC(c2ccccc2)C1=O. The summed E-state index contributed by atoms with van der Waals surface area (Å²) in [4.78, 5) is 14.2. The molecule has 0 saturated carbocycles. The number of nitrogens with zero attached hydrogens (tertiary/aromatic N) is 1. The topological polar surface area (TPSA) is 41.6 Å². The summed E-state index contributed by atoms with van der Waals surface area (Å²) in [6.45, 7) is 5.84. The van der Waals surface area contributed by atoms with Crippen molar-refractivity contribution in [3.63, 3.8) is 0 Å². The van der Waals surface area contributed by atoms with Crippen molar-refractivity contribution in [1.29, 1.82) is 0 Å². The van der Waals surface area contributed by atoms with Crippen LogP contribution in [0, 0.1) is 0 Å². The Morgan fingerprint density at radius 3 is 2.83 bits per heavy atom. The minimum atomic E-state index is -0.213. The van der Waals surface area contributed by atoms with Crippen LogP contribution in [-0.2, 0) is 9.53 Å². The zero-order valence-electron chi connectivity index (χ0n) is 10.9. The molecule has 1 N–H and O–H groups in total. The Morgan fingerprint density at radius 2 is 2.17 bits per heavy atom. The summed E-state index contributed by atoms with van der Waals surface area (Å²) in [6, 6.07) is 9.72. The highest BCUT2D eigenvalue weighted by atomic mass is 16.5. The predicted octanol–water partition coefficient (Wildman–Crippen LogP) is 1.54. The largest absolute Gasteiger partial charge is 0.380 e. The highest BCUT2D eigenvalue weighted by Crippen LogP contribution is 2.21. The molecular formula is C14H20N2O2. The zero-order chi connectivity index (χ0) is 13.0. The number of hydrogen-bond acceptors (Lipinski definition) is 3. The van der Waals surface area contributed by atoms with E-state index < -0.39 is 0 Å². The standard InChI is InChI=1S/C14H20N2O2/c1-3-18-9-11(2)16-10-15-13(14(16)17)12-7-5-4-6-8-12/h4-8,11,13,15H,3,9-10H2,1-2H3. The smallest absolute Gasteiger partial charge is 0.245 e. The molecule has 0 radical (unpaired) electrons. The number of nitrogens with one attached hydrogen (secondary N) is 1. The lowest BCUT2D eigenvalue weighted by Gasteiger charge is -2.23. The van der Waals surface area contributed by atoms with Gasteiger partial charge >= 0.3 is 0 Å². The minimum absolute atomic E-state index is 0.110. The van der Waals surface area contributed by atoms with Crippen molar-refractivity contribution >= 4 is 5.91 Å². The maximum Gasteiger partial charge on any atom is 0.245 e. The van der Waals surface area contributed by atoms with Crippen LogP contribution in [0.5, 0.6) is 0 Å². The summed E-state index contributed by atoms with van der Waals surface area (Å²) in [5.74, 6) is 0.133. The van der Waals surface area contributed by atoms with Gasteiger partial charge in [-0.2, -0.15) is 0 Å². The number of ether oxygens (including phenoxy) is 1. The van der Waals surface area contributed by atoms with Crippen LogP contribution in [0.4, 0.5) is 0 Å². The number of hydrogen-bond donors (Lipinski definition) is 1. The fraction of sp³-hybridized carbons (Fsp3) is 0.500. The third-order valence-corrected chi connectivity index (χ3v) is 3.22. The van der Waals surface area contributed by atoms with Crippen LogP contribution in [-0.4, -0.2) is 36.7 Å². The van der Waals surface area contributed by atoms with Crippen LogP contribution in [0.3, 0.4) is 0 Å². The fourth-order valence-corrected chi connectivity index (χ4v) is 2.18.